The summed E-state index contributed by atoms with van der Waals surface area (Å²) in [5.74, 6) is -0.499. The monoisotopic (exact) mass is 254 g/mol. The Morgan fingerprint density at radius 2 is 1.95 bits per heavy atom. The van der Waals surface area contributed by atoms with Gasteiger partial charge in [-0.1, -0.05) is 30.3 Å². The van der Waals surface area contributed by atoms with E-state index in [1.807, 2.05) is 31.2 Å². The van der Waals surface area contributed by atoms with Crippen LogP contribution in [0.5, 0.6) is 5.75 Å². The minimum absolute atomic E-state index is 0.0579. The van der Waals surface area contributed by atoms with Gasteiger partial charge in [0.1, 0.15) is 5.75 Å². The van der Waals surface area contributed by atoms with Crippen LogP contribution in [0.4, 0.5) is 0 Å². The second-order valence-electron chi connectivity index (χ2n) is 3.96. The van der Waals surface area contributed by atoms with Gasteiger partial charge < -0.3 is 5.11 Å². The molecule has 0 spiro atoms. The van der Waals surface area contributed by atoms with Crippen molar-refractivity contribution in [3.05, 3.63) is 54.1 Å². The van der Waals surface area contributed by atoms with Gasteiger partial charge in [-0.05, 0) is 35.9 Å². The predicted molar refractivity (Wildman–Crippen MR) is 76.4 cm³/mol. The third-order valence-corrected chi connectivity index (χ3v) is 2.63. The molecule has 2 rings (SSSR count). The molecule has 0 aliphatic heterocycles. The van der Waals surface area contributed by atoms with Gasteiger partial charge in [-0.25, -0.2) is 5.43 Å². The van der Waals surface area contributed by atoms with Crippen LogP contribution in [-0.2, 0) is 0 Å². The molecular formula is C15H14N2O2. The summed E-state index contributed by atoms with van der Waals surface area (Å²) in [6.07, 6.45) is 4.96. The van der Waals surface area contributed by atoms with Gasteiger partial charge in [0.05, 0.1) is 5.56 Å². The van der Waals surface area contributed by atoms with Gasteiger partial charge >= 0.3 is 0 Å². The summed E-state index contributed by atoms with van der Waals surface area (Å²) >= 11 is 0. The number of fused-ring (bicyclic) bond motifs is 1. The van der Waals surface area contributed by atoms with E-state index in [0.717, 1.165) is 10.8 Å². The Morgan fingerprint density at radius 3 is 2.63 bits per heavy atom. The Labute approximate surface area is 111 Å². The summed E-state index contributed by atoms with van der Waals surface area (Å²) in [7, 11) is 0. The fraction of sp³-hybridized carbons (Fsp3) is 0.0667. The number of phenolic OH excluding ortho intramolecular Hbond substituents is 1. The summed E-state index contributed by atoms with van der Waals surface area (Å²) < 4.78 is 0. The molecule has 2 aromatic carbocycles. The van der Waals surface area contributed by atoms with Crippen LogP contribution in [0.3, 0.4) is 0 Å². The number of amides is 1. The van der Waals surface area contributed by atoms with E-state index in [1.165, 1.54) is 6.21 Å². The van der Waals surface area contributed by atoms with Crippen LogP contribution >= 0.6 is 0 Å². The van der Waals surface area contributed by atoms with Crippen molar-refractivity contribution in [1.29, 1.82) is 0 Å². The molecule has 0 aliphatic carbocycles. The normalized spacial score (nSPS) is 11.4. The maximum absolute atomic E-state index is 11.9. The van der Waals surface area contributed by atoms with Gasteiger partial charge in [0.2, 0.25) is 0 Å². The molecule has 0 bridgehead atoms. The fourth-order valence-electron chi connectivity index (χ4n) is 1.70. The minimum atomic E-state index is -0.441. The molecule has 0 aromatic heterocycles. The van der Waals surface area contributed by atoms with E-state index >= 15 is 0 Å². The molecule has 19 heavy (non-hydrogen) atoms. The molecule has 0 fully saturated rings. The van der Waals surface area contributed by atoms with E-state index in [9.17, 15) is 9.90 Å². The van der Waals surface area contributed by atoms with Crippen molar-refractivity contribution < 1.29 is 9.90 Å². The van der Waals surface area contributed by atoms with Crippen molar-refractivity contribution in [1.82, 2.24) is 5.43 Å². The van der Waals surface area contributed by atoms with Gasteiger partial charge in [0, 0.05) is 6.21 Å². The van der Waals surface area contributed by atoms with Crippen LogP contribution in [-0.4, -0.2) is 17.2 Å². The van der Waals surface area contributed by atoms with Gasteiger partial charge in [-0.2, -0.15) is 5.10 Å². The smallest absolute Gasteiger partial charge is 0.275 e. The highest BCUT2D eigenvalue weighted by atomic mass is 16.3. The van der Waals surface area contributed by atoms with Crippen molar-refractivity contribution in [2.75, 3.05) is 0 Å². The molecule has 0 radical (unpaired) electrons. The number of rotatable bonds is 3. The third kappa shape index (κ3) is 2.98. The number of hydrazone groups is 1. The average molecular weight is 254 g/mol. The highest BCUT2D eigenvalue weighted by Crippen LogP contribution is 2.24. The molecule has 0 unspecified atom stereocenters. The lowest BCUT2D eigenvalue weighted by Crippen LogP contribution is -2.17. The summed E-state index contributed by atoms with van der Waals surface area (Å²) in [5.41, 5.74) is 2.56. The van der Waals surface area contributed by atoms with E-state index in [4.69, 9.17) is 0 Å². The maximum Gasteiger partial charge on any atom is 0.275 e. The molecule has 2 N–H and O–H groups in total. The first-order valence-electron chi connectivity index (χ1n) is 5.89. The third-order valence-electron chi connectivity index (χ3n) is 2.63. The van der Waals surface area contributed by atoms with E-state index in [1.54, 1.807) is 24.3 Å². The molecule has 0 heterocycles. The zero-order valence-electron chi connectivity index (χ0n) is 10.5. The van der Waals surface area contributed by atoms with Crippen molar-refractivity contribution >= 4 is 22.9 Å². The topological polar surface area (TPSA) is 61.7 Å². The molecule has 1 amide bonds. The first kappa shape index (κ1) is 12.8. The Hall–Kier alpha value is -2.62. The molecule has 0 aliphatic rings. The van der Waals surface area contributed by atoms with Crippen LogP contribution in [0.1, 0.15) is 17.3 Å². The number of carbonyl (C=O) groups excluding carboxylic acids is 1. The number of hydrogen-bond acceptors (Lipinski definition) is 3. The molecular weight excluding hydrogens is 240 g/mol. The van der Waals surface area contributed by atoms with Gasteiger partial charge in [-0.15, -0.1) is 0 Å². The molecule has 96 valence electrons. The molecule has 0 atom stereocenters. The van der Waals surface area contributed by atoms with E-state index < -0.39 is 5.91 Å². The summed E-state index contributed by atoms with van der Waals surface area (Å²) in [5, 5.41) is 15.4. The van der Waals surface area contributed by atoms with Crippen LogP contribution in [0.2, 0.25) is 0 Å². The van der Waals surface area contributed by atoms with Crippen LogP contribution in [0, 0.1) is 0 Å². The van der Waals surface area contributed by atoms with Gasteiger partial charge in [0.25, 0.3) is 5.91 Å². The van der Waals surface area contributed by atoms with Crippen molar-refractivity contribution in [3.63, 3.8) is 0 Å². The summed E-state index contributed by atoms with van der Waals surface area (Å²) in [6.45, 7) is 1.85. The van der Waals surface area contributed by atoms with E-state index in [2.05, 4.69) is 10.5 Å². The minimum Gasteiger partial charge on any atom is -0.507 e. The highest BCUT2D eigenvalue weighted by Gasteiger charge is 2.11. The van der Waals surface area contributed by atoms with E-state index in [-0.39, 0.29) is 11.3 Å². The number of nitrogens with one attached hydrogen (secondary N) is 1. The first-order chi connectivity index (χ1) is 9.22. The lowest BCUT2D eigenvalue weighted by Gasteiger charge is -2.05. The maximum atomic E-state index is 11.9. The van der Waals surface area contributed by atoms with Gasteiger partial charge in [-0.3, -0.25) is 4.79 Å². The van der Waals surface area contributed by atoms with Crippen molar-refractivity contribution in [3.8, 4) is 5.75 Å². The summed E-state index contributed by atoms with van der Waals surface area (Å²) in [6, 6.07) is 10.7. The molecule has 4 heteroatoms. The molecule has 2 aromatic rings. The lowest BCUT2D eigenvalue weighted by molar-refractivity contribution is 0.0952. The summed E-state index contributed by atoms with van der Waals surface area (Å²) in [4.78, 5) is 11.9. The Kier molecular flexibility index (Phi) is 3.93. The Morgan fingerprint density at radius 1 is 1.26 bits per heavy atom. The average Bonchev–Trinajstić information content (AvgIpc) is 2.42. The number of benzene rings is 2. The zero-order chi connectivity index (χ0) is 13.7. The van der Waals surface area contributed by atoms with Gasteiger partial charge in [0.15, 0.2) is 0 Å². The SMILES string of the molecule is C/C=C/C=N/NC(=O)c1cc2ccccc2cc1O. The van der Waals surface area contributed by atoms with Crippen LogP contribution in [0.15, 0.2) is 53.7 Å². The number of hydrogen-bond donors (Lipinski definition) is 2. The van der Waals surface area contributed by atoms with E-state index in [0.29, 0.717) is 0 Å². The number of aromatic hydroxyl groups is 1. The number of phenols is 1. The molecule has 4 nitrogen and oxygen atoms in total. The van der Waals surface area contributed by atoms with Crippen molar-refractivity contribution in [2.24, 2.45) is 5.10 Å². The molecule has 0 saturated heterocycles. The molecule has 0 saturated carbocycles. The number of carbonyl (C=O) groups is 1. The Bertz CT molecular complexity index is 660. The second-order valence-corrected chi connectivity index (χ2v) is 3.96. The van der Waals surface area contributed by atoms with Crippen LogP contribution < -0.4 is 5.43 Å². The first-order valence-corrected chi connectivity index (χ1v) is 5.89. The fourth-order valence-corrected chi connectivity index (χ4v) is 1.70. The zero-order valence-corrected chi connectivity index (χ0v) is 10.5. The highest BCUT2D eigenvalue weighted by molar-refractivity contribution is 6.01. The van der Waals surface area contributed by atoms with Crippen molar-refractivity contribution in [2.45, 2.75) is 6.92 Å². The number of allylic oxidation sites excluding steroid dienone is 2. The van der Waals surface area contributed by atoms with Crippen LogP contribution in [0.25, 0.3) is 10.8 Å². The largest absolute Gasteiger partial charge is 0.507 e. The number of nitrogens with zero attached hydrogens (tertiary/aromatic N) is 1. The Balaban J connectivity index is 2.29. The second kappa shape index (κ2) is 5.82. The lowest BCUT2D eigenvalue weighted by atomic mass is 10.1. The quantitative estimate of drug-likeness (QED) is 0.653. The standard InChI is InChI=1S/C15H14N2O2/c1-2-3-8-16-17-15(19)13-9-11-6-4-5-7-12(11)10-14(13)18/h2-10,18H,1H3,(H,17,19)/b3-2+,16-8+. The predicted octanol–water partition coefficient (Wildman–Crippen LogP) is 2.84.